The van der Waals surface area contributed by atoms with Crippen LogP contribution >= 0.6 is 12.2 Å². The molecule has 0 amide bonds. The number of pyridine rings is 1. The van der Waals surface area contributed by atoms with Gasteiger partial charge in [0.1, 0.15) is 24.4 Å². The highest BCUT2D eigenvalue weighted by atomic mass is 32.1. The average molecular weight is 417 g/mol. The van der Waals surface area contributed by atoms with E-state index in [2.05, 4.69) is 10.3 Å². The molecule has 1 aromatic heterocycles. The fourth-order valence-corrected chi connectivity index (χ4v) is 3.23. The van der Waals surface area contributed by atoms with Gasteiger partial charge in [0, 0.05) is 25.1 Å². The highest BCUT2D eigenvalue weighted by Gasteiger charge is 2.32. The van der Waals surface area contributed by atoms with Crippen molar-refractivity contribution < 1.29 is 26.9 Å². The number of aromatic nitrogens is 1. The third-order valence-electron chi connectivity index (χ3n) is 4.42. The summed E-state index contributed by atoms with van der Waals surface area (Å²) in [6.45, 7) is 2.26. The van der Waals surface area contributed by atoms with Crippen molar-refractivity contribution in [1.82, 2.24) is 4.90 Å². The van der Waals surface area contributed by atoms with Crippen LogP contribution in [0.2, 0.25) is 0 Å². The molecule has 1 fully saturated rings. The quantitative estimate of drug-likeness (QED) is 0.597. The number of hydrogen-bond acceptors (Lipinski definition) is 2. The van der Waals surface area contributed by atoms with Crippen LogP contribution in [0.3, 0.4) is 0 Å². The second-order valence-corrected chi connectivity index (χ2v) is 6.73. The molecule has 3 rings (SSSR count). The van der Waals surface area contributed by atoms with E-state index in [0.29, 0.717) is 43.5 Å². The minimum atomic E-state index is -4.39. The fraction of sp³-hybridized carbons (Fsp3) is 0.333. The predicted molar refractivity (Wildman–Crippen MR) is 99.0 cm³/mol. The zero-order chi connectivity index (χ0) is 20.3. The van der Waals surface area contributed by atoms with Gasteiger partial charge in [-0.25, -0.2) is 13.8 Å². The molecular weight excluding hydrogens is 399 g/mol. The fourth-order valence-electron chi connectivity index (χ4n) is 2.94. The lowest BCUT2D eigenvalue weighted by molar-refractivity contribution is -0.367. The third-order valence-corrected chi connectivity index (χ3v) is 4.78. The molecular formula is C18H18F5N4S+. The van der Waals surface area contributed by atoms with E-state index in [1.165, 1.54) is 12.1 Å². The van der Waals surface area contributed by atoms with Gasteiger partial charge >= 0.3 is 6.18 Å². The first-order valence-electron chi connectivity index (χ1n) is 8.59. The summed E-state index contributed by atoms with van der Waals surface area (Å²) in [4.78, 5) is 6.47. The number of thiocarbonyl (C=S) groups is 1. The van der Waals surface area contributed by atoms with Gasteiger partial charge in [-0.3, -0.25) is 4.90 Å². The largest absolute Gasteiger partial charge is 0.419 e. The Hall–Kier alpha value is -2.49. The van der Waals surface area contributed by atoms with E-state index < -0.39 is 23.4 Å². The van der Waals surface area contributed by atoms with Crippen molar-refractivity contribution in [2.45, 2.75) is 12.6 Å². The number of H-pyrrole nitrogens is 1. The number of hydrogen-bond donors (Lipinski definition) is 1. The summed E-state index contributed by atoms with van der Waals surface area (Å²) >= 11 is 5.33. The topological polar surface area (TPSA) is 32.6 Å². The molecule has 28 heavy (non-hydrogen) atoms. The minimum absolute atomic E-state index is 0.0866. The number of anilines is 2. The Morgan fingerprint density at radius 3 is 2.46 bits per heavy atom. The standard InChI is InChI=1S/C18H17F5N4S/c19-13-3-4-15(14(20)10-13)25-17(28)27-7-1-6-26(8-9-27)16-5-2-12(11-24-16)18(21,22)23/h2-5,10-11H,1,6-9H2,(H,25,28)/p+1. The molecule has 150 valence electrons. The summed E-state index contributed by atoms with van der Waals surface area (Å²) < 4.78 is 64.9. The first-order valence-corrected chi connectivity index (χ1v) is 9.00. The van der Waals surface area contributed by atoms with Crippen LogP contribution < -0.4 is 15.2 Å². The normalized spacial score (nSPS) is 15.3. The molecule has 2 aromatic rings. The molecule has 0 saturated carbocycles. The minimum Gasteiger partial charge on any atom is -0.345 e. The molecule has 2 heterocycles. The highest BCUT2D eigenvalue weighted by molar-refractivity contribution is 7.80. The van der Waals surface area contributed by atoms with Gasteiger partial charge in [0.05, 0.1) is 24.3 Å². The zero-order valence-electron chi connectivity index (χ0n) is 14.7. The summed E-state index contributed by atoms with van der Waals surface area (Å²) in [5.74, 6) is -0.830. The number of halogens is 5. The predicted octanol–water partition coefficient (Wildman–Crippen LogP) is 3.71. The molecule has 10 heteroatoms. The monoisotopic (exact) mass is 417 g/mol. The van der Waals surface area contributed by atoms with Gasteiger partial charge in [-0.15, -0.1) is 0 Å². The smallest absolute Gasteiger partial charge is 0.345 e. The van der Waals surface area contributed by atoms with Crippen molar-refractivity contribution in [3.05, 3.63) is 53.7 Å². The van der Waals surface area contributed by atoms with Crippen molar-refractivity contribution in [3.8, 4) is 0 Å². The average Bonchev–Trinajstić information content (AvgIpc) is 2.90. The van der Waals surface area contributed by atoms with E-state index in [-0.39, 0.29) is 5.69 Å². The number of aromatic amines is 1. The number of benzene rings is 1. The van der Waals surface area contributed by atoms with Gasteiger partial charge < -0.3 is 10.2 Å². The molecule has 1 saturated heterocycles. The maximum atomic E-state index is 13.8. The van der Waals surface area contributed by atoms with Crippen molar-refractivity contribution in [3.63, 3.8) is 0 Å². The van der Waals surface area contributed by atoms with E-state index in [4.69, 9.17) is 12.2 Å². The Labute approximate surface area is 164 Å². The molecule has 0 radical (unpaired) electrons. The molecule has 0 atom stereocenters. The Morgan fingerprint density at radius 2 is 1.82 bits per heavy atom. The lowest BCUT2D eigenvalue weighted by Crippen LogP contribution is -2.38. The van der Waals surface area contributed by atoms with E-state index in [0.717, 1.165) is 24.4 Å². The lowest BCUT2D eigenvalue weighted by Gasteiger charge is -2.23. The summed E-state index contributed by atoms with van der Waals surface area (Å²) in [5.41, 5.74) is -0.650. The lowest BCUT2D eigenvalue weighted by atomic mass is 10.2. The Morgan fingerprint density at radius 1 is 1.04 bits per heavy atom. The maximum Gasteiger partial charge on any atom is 0.419 e. The van der Waals surface area contributed by atoms with Gasteiger partial charge in [-0.05, 0) is 30.4 Å². The van der Waals surface area contributed by atoms with E-state index in [9.17, 15) is 22.0 Å². The Balaban J connectivity index is 1.62. The molecule has 2 N–H and O–H groups in total. The summed E-state index contributed by atoms with van der Waals surface area (Å²) in [5, 5.41) is 3.09. The van der Waals surface area contributed by atoms with Crippen molar-refractivity contribution in [1.29, 1.82) is 0 Å². The first kappa shape index (κ1) is 20.2. The maximum absolute atomic E-state index is 13.8. The highest BCUT2D eigenvalue weighted by Crippen LogP contribution is 2.28. The summed E-state index contributed by atoms with van der Waals surface area (Å²) in [6.07, 6.45) is -2.73. The van der Waals surface area contributed by atoms with Crippen molar-refractivity contribution >= 4 is 28.8 Å². The van der Waals surface area contributed by atoms with Gasteiger partial charge in [-0.2, -0.15) is 13.2 Å². The Bertz CT molecular complexity index is 841. The van der Waals surface area contributed by atoms with Gasteiger partial charge in [0.2, 0.25) is 0 Å². The molecule has 4 nitrogen and oxygen atoms in total. The molecule has 0 bridgehead atoms. The van der Waals surface area contributed by atoms with Crippen LogP contribution in [0.1, 0.15) is 12.0 Å². The molecule has 0 aliphatic carbocycles. The Kier molecular flexibility index (Phi) is 5.97. The van der Waals surface area contributed by atoms with Gasteiger partial charge in [0.25, 0.3) is 5.82 Å². The summed E-state index contributed by atoms with van der Waals surface area (Å²) in [7, 11) is 0. The van der Waals surface area contributed by atoms with Gasteiger partial charge in [0.15, 0.2) is 5.11 Å². The van der Waals surface area contributed by atoms with Crippen LogP contribution in [-0.4, -0.2) is 36.2 Å². The van der Waals surface area contributed by atoms with Crippen molar-refractivity contribution in [2.75, 3.05) is 36.4 Å². The second-order valence-electron chi connectivity index (χ2n) is 6.34. The van der Waals surface area contributed by atoms with E-state index in [1.54, 1.807) is 0 Å². The number of nitrogens with one attached hydrogen (secondary N) is 2. The van der Waals surface area contributed by atoms with Crippen LogP contribution in [0, 0.1) is 11.6 Å². The van der Waals surface area contributed by atoms with Gasteiger partial charge in [-0.1, -0.05) is 0 Å². The molecule has 0 spiro atoms. The number of rotatable bonds is 2. The van der Waals surface area contributed by atoms with Crippen LogP contribution in [0.25, 0.3) is 0 Å². The first-order chi connectivity index (χ1) is 13.2. The summed E-state index contributed by atoms with van der Waals surface area (Å²) in [6, 6.07) is 5.63. The SMILES string of the molecule is Fc1ccc(NC(=S)N2CCCN(c3ccc(C(F)(F)F)c[nH+]3)CC2)c(F)c1. The van der Waals surface area contributed by atoms with Crippen LogP contribution in [0.4, 0.5) is 33.5 Å². The second kappa shape index (κ2) is 8.26. The van der Waals surface area contributed by atoms with Crippen LogP contribution in [0.15, 0.2) is 36.5 Å². The van der Waals surface area contributed by atoms with Crippen molar-refractivity contribution in [2.24, 2.45) is 0 Å². The number of alkyl halides is 3. The van der Waals surface area contributed by atoms with E-state index in [1.807, 2.05) is 9.80 Å². The van der Waals surface area contributed by atoms with E-state index >= 15 is 0 Å². The molecule has 0 unspecified atom stereocenters. The molecule has 1 aliphatic heterocycles. The van der Waals surface area contributed by atoms with Crippen LogP contribution in [0.5, 0.6) is 0 Å². The molecule has 1 aliphatic rings. The third kappa shape index (κ3) is 4.86. The van der Waals surface area contributed by atoms with Crippen LogP contribution in [-0.2, 0) is 6.18 Å². The number of nitrogens with zero attached hydrogens (tertiary/aromatic N) is 2. The zero-order valence-corrected chi connectivity index (χ0v) is 15.5. The molecule has 1 aromatic carbocycles.